The van der Waals surface area contributed by atoms with Crippen molar-refractivity contribution in [2.24, 2.45) is 0 Å². The Labute approximate surface area is 79.6 Å². The molecule has 1 aromatic heterocycles. The topological polar surface area (TPSA) is 33.4 Å². The molecule has 1 heterocycles. The molecule has 2 heteroatoms. The van der Waals surface area contributed by atoms with Crippen molar-refractivity contribution in [2.75, 3.05) is 0 Å². The molecule has 0 bridgehead atoms. The van der Waals surface area contributed by atoms with Gasteiger partial charge in [0.1, 0.15) is 17.6 Å². The lowest BCUT2D eigenvalue weighted by Crippen LogP contribution is -1.94. The van der Waals surface area contributed by atoms with E-state index in [1.165, 1.54) is 0 Å². The van der Waals surface area contributed by atoms with Gasteiger partial charge in [-0.05, 0) is 18.6 Å². The van der Waals surface area contributed by atoms with Gasteiger partial charge in [0.15, 0.2) is 0 Å². The minimum Gasteiger partial charge on any atom is -0.463 e. The van der Waals surface area contributed by atoms with E-state index in [1.807, 2.05) is 12.1 Å². The van der Waals surface area contributed by atoms with Crippen LogP contribution in [-0.4, -0.2) is 5.11 Å². The van der Waals surface area contributed by atoms with Crippen molar-refractivity contribution < 1.29 is 9.52 Å². The zero-order valence-corrected chi connectivity index (χ0v) is 8.58. The molecule has 0 aromatic carbocycles. The van der Waals surface area contributed by atoms with Crippen LogP contribution in [0.15, 0.2) is 16.5 Å². The highest BCUT2D eigenvalue weighted by atomic mass is 16.4. The number of rotatable bonds is 4. The van der Waals surface area contributed by atoms with E-state index in [0.717, 1.165) is 18.6 Å². The number of furan rings is 1. The fraction of sp³-hybridized carbons (Fsp3) is 0.636. The molecule has 1 atom stereocenters. The van der Waals surface area contributed by atoms with Crippen molar-refractivity contribution in [1.29, 1.82) is 0 Å². The average Bonchev–Trinajstić information content (AvgIpc) is 2.52. The van der Waals surface area contributed by atoms with Crippen LogP contribution >= 0.6 is 0 Å². The van der Waals surface area contributed by atoms with Crippen LogP contribution in [0.3, 0.4) is 0 Å². The van der Waals surface area contributed by atoms with Gasteiger partial charge in [-0.1, -0.05) is 27.2 Å². The Kier molecular flexibility index (Phi) is 3.55. The zero-order chi connectivity index (χ0) is 9.84. The van der Waals surface area contributed by atoms with Crippen molar-refractivity contribution in [3.63, 3.8) is 0 Å². The first-order valence-electron chi connectivity index (χ1n) is 4.92. The van der Waals surface area contributed by atoms with Crippen molar-refractivity contribution in [1.82, 2.24) is 0 Å². The molecule has 0 fully saturated rings. The second-order valence-electron chi connectivity index (χ2n) is 3.70. The molecule has 0 spiro atoms. The van der Waals surface area contributed by atoms with Gasteiger partial charge >= 0.3 is 0 Å². The molecule has 0 aliphatic carbocycles. The summed E-state index contributed by atoms with van der Waals surface area (Å²) in [6.45, 7) is 6.21. The Morgan fingerprint density at radius 3 is 2.38 bits per heavy atom. The molecule has 13 heavy (non-hydrogen) atoms. The maximum Gasteiger partial charge on any atom is 0.132 e. The van der Waals surface area contributed by atoms with E-state index in [0.29, 0.717) is 11.7 Å². The SMILES string of the molecule is CCC[C@@H](O)c1ccc(C(C)C)o1. The van der Waals surface area contributed by atoms with Crippen molar-refractivity contribution >= 4 is 0 Å². The van der Waals surface area contributed by atoms with E-state index in [2.05, 4.69) is 20.8 Å². The van der Waals surface area contributed by atoms with Gasteiger partial charge in [0.2, 0.25) is 0 Å². The number of aliphatic hydroxyl groups excluding tert-OH is 1. The van der Waals surface area contributed by atoms with Crippen LogP contribution in [0.2, 0.25) is 0 Å². The minimum absolute atomic E-state index is 0.391. The molecule has 0 radical (unpaired) electrons. The summed E-state index contributed by atoms with van der Waals surface area (Å²) in [7, 11) is 0. The number of hydrogen-bond acceptors (Lipinski definition) is 2. The van der Waals surface area contributed by atoms with Gasteiger partial charge in [0.05, 0.1) is 0 Å². The third kappa shape index (κ3) is 2.59. The van der Waals surface area contributed by atoms with Gasteiger partial charge in [-0.15, -0.1) is 0 Å². The summed E-state index contributed by atoms with van der Waals surface area (Å²) in [6.07, 6.45) is 1.31. The molecular formula is C11H18O2. The maximum atomic E-state index is 9.62. The second kappa shape index (κ2) is 4.47. The van der Waals surface area contributed by atoms with E-state index in [1.54, 1.807) is 0 Å². The molecule has 0 aliphatic rings. The Hall–Kier alpha value is -0.760. The molecule has 0 aliphatic heterocycles. The van der Waals surface area contributed by atoms with Gasteiger partial charge in [0, 0.05) is 5.92 Å². The highest BCUT2D eigenvalue weighted by molar-refractivity contribution is 5.11. The first-order chi connectivity index (χ1) is 6.15. The van der Waals surface area contributed by atoms with Crippen molar-refractivity contribution in [2.45, 2.75) is 45.6 Å². The van der Waals surface area contributed by atoms with Crippen LogP contribution in [0.1, 0.15) is 57.2 Å². The molecule has 2 nitrogen and oxygen atoms in total. The van der Waals surface area contributed by atoms with Crippen LogP contribution < -0.4 is 0 Å². The van der Waals surface area contributed by atoms with Gasteiger partial charge < -0.3 is 9.52 Å². The fourth-order valence-corrected chi connectivity index (χ4v) is 1.27. The largest absolute Gasteiger partial charge is 0.463 e. The van der Waals surface area contributed by atoms with Gasteiger partial charge in [-0.2, -0.15) is 0 Å². The standard InChI is InChI=1S/C11H18O2/c1-4-5-9(12)11-7-6-10(13-11)8(2)3/h6-9,12H,4-5H2,1-3H3/t9-/m1/s1. The van der Waals surface area contributed by atoms with Crippen LogP contribution in [0.5, 0.6) is 0 Å². The first-order valence-corrected chi connectivity index (χ1v) is 4.92. The summed E-state index contributed by atoms with van der Waals surface area (Å²) >= 11 is 0. The van der Waals surface area contributed by atoms with Gasteiger partial charge in [-0.25, -0.2) is 0 Å². The Balaban J connectivity index is 2.67. The monoisotopic (exact) mass is 182 g/mol. The Bertz CT molecular complexity index is 250. The molecule has 74 valence electrons. The molecule has 0 saturated heterocycles. The average molecular weight is 182 g/mol. The third-order valence-corrected chi connectivity index (χ3v) is 2.11. The second-order valence-corrected chi connectivity index (χ2v) is 3.70. The van der Waals surface area contributed by atoms with Crippen molar-refractivity contribution in [3.05, 3.63) is 23.7 Å². The molecule has 0 saturated carbocycles. The Morgan fingerprint density at radius 2 is 1.92 bits per heavy atom. The normalized spacial score (nSPS) is 13.6. The first kappa shape index (κ1) is 10.3. The number of aliphatic hydroxyl groups is 1. The molecule has 0 amide bonds. The molecule has 0 unspecified atom stereocenters. The van der Waals surface area contributed by atoms with Crippen LogP contribution in [-0.2, 0) is 0 Å². The molecular weight excluding hydrogens is 164 g/mol. The summed E-state index contributed by atoms with van der Waals surface area (Å²) in [5.74, 6) is 2.04. The molecule has 1 rings (SSSR count). The van der Waals surface area contributed by atoms with Crippen LogP contribution in [0, 0.1) is 0 Å². The summed E-state index contributed by atoms with van der Waals surface area (Å²) in [5.41, 5.74) is 0. The fourth-order valence-electron chi connectivity index (χ4n) is 1.27. The molecule has 1 aromatic rings. The smallest absolute Gasteiger partial charge is 0.132 e. The van der Waals surface area contributed by atoms with E-state index in [-0.39, 0.29) is 0 Å². The lowest BCUT2D eigenvalue weighted by Gasteiger charge is -2.05. The van der Waals surface area contributed by atoms with Gasteiger partial charge in [-0.3, -0.25) is 0 Å². The van der Waals surface area contributed by atoms with E-state index < -0.39 is 6.10 Å². The van der Waals surface area contributed by atoms with E-state index in [9.17, 15) is 5.11 Å². The molecule has 1 N–H and O–H groups in total. The van der Waals surface area contributed by atoms with Crippen LogP contribution in [0.4, 0.5) is 0 Å². The maximum absolute atomic E-state index is 9.62. The van der Waals surface area contributed by atoms with E-state index in [4.69, 9.17) is 4.42 Å². The Morgan fingerprint density at radius 1 is 1.31 bits per heavy atom. The quantitative estimate of drug-likeness (QED) is 0.775. The lowest BCUT2D eigenvalue weighted by molar-refractivity contribution is 0.137. The predicted molar refractivity (Wildman–Crippen MR) is 52.7 cm³/mol. The summed E-state index contributed by atoms with van der Waals surface area (Å²) in [4.78, 5) is 0. The predicted octanol–water partition coefficient (Wildman–Crippen LogP) is 3.24. The summed E-state index contributed by atoms with van der Waals surface area (Å²) < 4.78 is 5.51. The van der Waals surface area contributed by atoms with Crippen molar-refractivity contribution in [3.8, 4) is 0 Å². The highest BCUT2D eigenvalue weighted by Gasteiger charge is 2.12. The summed E-state index contributed by atoms with van der Waals surface area (Å²) in [5, 5.41) is 9.62. The van der Waals surface area contributed by atoms with Gasteiger partial charge in [0.25, 0.3) is 0 Å². The number of hydrogen-bond donors (Lipinski definition) is 1. The van der Waals surface area contributed by atoms with E-state index >= 15 is 0 Å². The lowest BCUT2D eigenvalue weighted by atomic mass is 10.1. The summed E-state index contributed by atoms with van der Waals surface area (Å²) in [6, 6.07) is 3.81. The highest BCUT2D eigenvalue weighted by Crippen LogP contribution is 2.24. The van der Waals surface area contributed by atoms with Crippen LogP contribution in [0.25, 0.3) is 0 Å². The minimum atomic E-state index is -0.433. The third-order valence-electron chi connectivity index (χ3n) is 2.11. The zero-order valence-electron chi connectivity index (χ0n) is 8.58.